The van der Waals surface area contributed by atoms with E-state index in [1.54, 1.807) is 7.11 Å². The molecule has 18 heavy (non-hydrogen) atoms. The molecule has 0 atom stereocenters. The normalized spacial score (nSPS) is 12.3. The highest BCUT2D eigenvalue weighted by atomic mass is 35.5. The summed E-state index contributed by atoms with van der Waals surface area (Å²) in [6, 6.07) is 6.20. The van der Waals surface area contributed by atoms with Crippen molar-refractivity contribution in [2.45, 2.75) is 38.8 Å². The Labute approximate surface area is 113 Å². The topological polar surface area (TPSA) is 27.1 Å². The highest BCUT2D eigenvalue weighted by Crippen LogP contribution is 2.23. The largest absolute Gasteiger partial charge is 0.377 e. The highest BCUT2D eigenvalue weighted by molar-refractivity contribution is 6.16. The second-order valence-electron chi connectivity index (χ2n) is 5.15. The van der Waals surface area contributed by atoms with Crippen LogP contribution in [0.25, 0.3) is 11.0 Å². The van der Waals surface area contributed by atoms with Gasteiger partial charge in [-0.15, -0.1) is 11.6 Å². The minimum Gasteiger partial charge on any atom is -0.377 e. The van der Waals surface area contributed by atoms with Crippen LogP contribution in [0.1, 0.15) is 25.2 Å². The molecule has 0 spiro atoms. The van der Waals surface area contributed by atoms with Crippen LogP contribution in [-0.2, 0) is 17.2 Å². The average Bonchev–Trinajstić information content (AvgIpc) is 2.69. The van der Waals surface area contributed by atoms with Crippen molar-refractivity contribution < 1.29 is 4.74 Å². The Bertz CT molecular complexity index is 560. The lowest BCUT2D eigenvalue weighted by atomic mass is 10.1. The number of aromatic nitrogens is 2. The molecule has 1 aromatic heterocycles. The van der Waals surface area contributed by atoms with Crippen LogP contribution in [-0.4, -0.2) is 22.3 Å². The molecule has 1 aromatic carbocycles. The molecule has 2 rings (SSSR count). The quantitative estimate of drug-likeness (QED) is 0.792. The number of imidazole rings is 1. The zero-order valence-corrected chi connectivity index (χ0v) is 12.1. The van der Waals surface area contributed by atoms with Crippen molar-refractivity contribution in [1.29, 1.82) is 0 Å². The zero-order chi connectivity index (χ0) is 13.3. The summed E-state index contributed by atoms with van der Waals surface area (Å²) < 4.78 is 7.65. The molecular weight excluding hydrogens is 248 g/mol. The molecule has 1 heterocycles. The second-order valence-corrected chi connectivity index (χ2v) is 5.42. The summed E-state index contributed by atoms with van der Waals surface area (Å²) in [6.07, 6.45) is 0. The van der Waals surface area contributed by atoms with Gasteiger partial charge in [0.1, 0.15) is 5.82 Å². The van der Waals surface area contributed by atoms with Gasteiger partial charge in [0.05, 0.1) is 29.1 Å². The number of fused-ring (bicyclic) bond motifs is 1. The van der Waals surface area contributed by atoms with Crippen LogP contribution in [0.4, 0.5) is 0 Å². The number of ether oxygens (including phenoxy) is 1. The van der Waals surface area contributed by atoms with E-state index < -0.39 is 0 Å². The van der Waals surface area contributed by atoms with Gasteiger partial charge >= 0.3 is 0 Å². The van der Waals surface area contributed by atoms with Gasteiger partial charge in [-0.1, -0.05) is 12.1 Å². The van der Waals surface area contributed by atoms with Gasteiger partial charge in [0, 0.05) is 7.11 Å². The number of aryl methyl sites for hydroxylation is 1. The number of nitrogens with zero attached hydrogens (tertiary/aromatic N) is 2. The van der Waals surface area contributed by atoms with E-state index in [0.29, 0.717) is 5.88 Å². The average molecular weight is 267 g/mol. The van der Waals surface area contributed by atoms with E-state index in [2.05, 4.69) is 42.5 Å². The van der Waals surface area contributed by atoms with Crippen LogP contribution in [0.15, 0.2) is 18.2 Å². The first-order valence-electron chi connectivity index (χ1n) is 6.04. The molecule has 0 saturated carbocycles. The van der Waals surface area contributed by atoms with E-state index in [1.165, 1.54) is 5.56 Å². The summed E-state index contributed by atoms with van der Waals surface area (Å²) >= 11 is 6.00. The maximum absolute atomic E-state index is 6.00. The van der Waals surface area contributed by atoms with Crippen molar-refractivity contribution in [3.05, 3.63) is 29.6 Å². The van der Waals surface area contributed by atoms with Gasteiger partial charge in [-0.05, 0) is 32.4 Å². The van der Waals surface area contributed by atoms with Gasteiger partial charge in [0.2, 0.25) is 0 Å². The van der Waals surface area contributed by atoms with E-state index in [4.69, 9.17) is 16.3 Å². The molecular formula is C14H19ClN2O. The van der Waals surface area contributed by atoms with Gasteiger partial charge in [0.25, 0.3) is 0 Å². The van der Waals surface area contributed by atoms with Crippen LogP contribution in [0.5, 0.6) is 0 Å². The van der Waals surface area contributed by atoms with Crippen LogP contribution in [0, 0.1) is 6.92 Å². The van der Waals surface area contributed by atoms with Gasteiger partial charge < -0.3 is 9.30 Å². The van der Waals surface area contributed by atoms with Crippen molar-refractivity contribution in [1.82, 2.24) is 9.55 Å². The molecule has 98 valence electrons. The van der Waals surface area contributed by atoms with Crippen molar-refractivity contribution in [3.63, 3.8) is 0 Å². The Morgan fingerprint density at radius 3 is 2.72 bits per heavy atom. The fourth-order valence-corrected chi connectivity index (χ4v) is 2.26. The molecule has 0 radical (unpaired) electrons. The smallest absolute Gasteiger partial charge is 0.124 e. The Balaban J connectivity index is 2.57. The minimum absolute atomic E-state index is 0.238. The number of para-hydroxylation sites is 1. The Kier molecular flexibility index (Phi) is 3.64. The predicted molar refractivity (Wildman–Crippen MR) is 75.1 cm³/mol. The first-order valence-corrected chi connectivity index (χ1v) is 6.58. The van der Waals surface area contributed by atoms with Gasteiger partial charge in [-0.3, -0.25) is 0 Å². The van der Waals surface area contributed by atoms with Gasteiger partial charge in [-0.2, -0.15) is 0 Å². The minimum atomic E-state index is -0.238. The third-order valence-electron chi connectivity index (χ3n) is 3.27. The maximum atomic E-state index is 6.00. The summed E-state index contributed by atoms with van der Waals surface area (Å²) in [4.78, 5) is 4.62. The van der Waals surface area contributed by atoms with E-state index in [-0.39, 0.29) is 5.60 Å². The number of hydrogen-bond acceptors (Lipinski definition) is 2. The third-order valence-corrected chi connectivity index (χ3v) is 3.51. The van der Waals surface area contributed by atoms with E-state index in [1.807, 2.05) is 6.07 Å². The first kappa shape index (κ1) is 13.4. The molecule has 0 bridgehead atoms. The Morgan fingerprint density at radius 1 is 1.39 bits per heavy atom. The van der Waals surface area contributed by atoms with Crippen LogP contribution >= 0.6 is 11.6 Å². The third kappa shape index (κ3) is 2.38. The number of halogens is 1. The van der Waals surface area contributed by atoms with E-state index in [9.17, 15) is 0 Å². The molecule has 0 aliphatic carbocycles. The van der Waals surface area contributed by atoms with E-state index in [0.717, 1.165) is 23.4 Å². The lowest BCUT2D eigenvalue weighted by molar-refractivity contribution is 0.00854. The molecule has 4 heteroatoms. The molecule has 0 amide bonds. The standard InChI is InChI=1S/C14H19ClN2O/c1-10-6-5-7-11-13(10)16-12(8-15)17(11)9-14(2,3)18-4/h5-7H,8-9H2,1-4H3. The maximum Gasteiger partial charge on any atom is 0.124 e. The molecule has 0 saturated heterocycles. The van der Waals surface area contributed by atoms with Crippen molar-refractivity contribution >= 4 is 22.6 Å². The van der Waals surface area contributed by atoms with Gasteiger partial charge in [0.15, 0.2) is 0 Å². The number of rotatable bonds is 4. The number of alkyl halides is 1. The molecule has 0 fully saturated rings. The Hall–Kier alpha value is -1.06. The molecule has 0 unspecified atom stereocenters. The highest BCUT2D eigenvalue weighted by Gasteiger charge is 2.21. The van der Waals surface area contributed by atoms with Crippen LogP contribution < -0.4 is 0 Å². The number of methoxy groups -OCH3 is 1. The van der Waals surface area contributed by atoms with Crippen LogP contribution in [0.2, 0.25) is 0 Å². The Morgan fingerprint density at radius 2 is 2.11 bits per heavy atom. The lowest BCUT2D eigenvalue weighted by Gasteiger charge is -2.24. The molecule has 0 aliphatic rings. The zero-order valence-electron chi connectivity index (χ0n) is 11.3. The fourth-order valence-electron chi connectivity index (χ4n) is 2.06. The van der Waals surface area contributed by atoms with Crippen molar-refractivity contribution in [2.75, 3.05) is 7.11 Å². The fraction of sp³-hybridized carbons (Fsp3) is 0.500. The summed E-state index contributed by atoms with van der Waals surface area (Å²) in [5, 5.41) is 0. The monoisotopic (exact) mass is 266 g/mol. The SMILES string of the molecule is COC(C)(C)Cn1c(CCl)nc2c(C)cccc21. The number of benzene rings is 1. The van der Waals surface area contributed by atoms with Crippen molar-refractivity contribution in [2.24, 2.45) is 0 Å². The molecule has 2 aromatic rings. The van der Waals surface area contributed by atoms with E-state index >= 15 is 0 Å². The molecule has 3 nitrogen and oxygen atoms in total. The first-order chi connectivity index (χ1) is 8.48. The lowest BCUT2D eigenvalue weighted by Crippen LogP contribution is -2.29. The molecule has 0 aliphatic heterocycles. The summed E-state index contributed by atoms with van der Waals surface area (Å²) in [7, 11) is 1.73. The second kappa shape index (κ2) is 4.90. The molecule has 0 N–H and O–H groups in total. The summed E-state index contributed by atoms with van der Waals surface area (Å²) in [5.74, 6) is 1.31. The summed E-state index contributed by atoms with van der Waals surface area (Å²) in [6.45, 7) is 6.93. The number of hydrogen-bond donors (Lipinski definition) is 0. The predicted octanol–water partition coefficient (Wildman–Crippen LogP) is 3.51. The van der Waals surface area contributed by atoms with Gasteiger partial charge in [-0.25, -0.2) is 4.98 Å². The summed E-state index contributed by atoms with van der Waals surface area (Å²) in [5.41, 5.74) is 3.08. The van der Waals surface area contributed by atoms with Crippen molar-refractivity contribution in [3.8, 4) is 0 Å². The van der Waals surface area contributed by atoms with Crippen LogP contribution in [0.3, 0.4) is 0 Å².